The Hall–Kier alpha value is -2.60. The fourth-order valence-electron chi connectivity index (χ4n) is 2.53. The molecular formula is C21H20BrNO4. The van der Waals surface area contributed by atoms with Crippen LogP contribution in [-0.2, 0) is 9.53 Å². The fourth-order valence-corrected chi connectivity index (χ4v) is 2.90. The van der Waals surface area contributed by atoms with Gasteiger partial charge < -0.3 is 14.2 Å². The van der Waals surface area contributed by atoms with E-state index in [1.807, 2.05) is 42.5 Å². The number of aliphatic imine (C=N–C) groups is 1. The average molecular weight is 430 g/mol. The molecule has 2 aromatic rings. The molecule has 0 unspecified atom stereocenters. The molecule has 140 valence electrons. The number of carbonyl (C=O) groups excluding carboxylic acids is 1. The molecule has 0 bridgehead atoms. The minimum Gasteiger partial charge on any atom is -0.496 e. The monoisotopic (exact) mass is 429 g/mol. The van der Waals surface area contributed by atoms with E-state index in [2.05, 4.69) is 27.8 Å². The third-order valence-electron chi connectivity index (χ3n) is 3.97. The first-order valence-corrected chi connectivity index (χ1v) is 9.49. The zero-order chi connectivity index (χ0) is 19.2. The van der Waals surface area contributed by atoms with Crippen molar-refractivity contribution in [3.8, 4) is 11.5 Å². The van der Waals surface area contributed by atoms with Crippen molar-refractivity contribution in [2.24, 2.45) is 4.99 Å². The minimum atomic E-state index is -0.490. The zero-order valence-corrected chi connectivity index (χ0v) is 16.8. The lowest BCUT2D eigenvalue weighted by molar-refractivity contribution is -0.129. The number of esters is 1. The number of unbranched alkanes of at least 4 members (excludes halogenated alkanes) is 1. The summed E-state index contributed by atoms with van der Waals surface area (Å²) in [5.74, 6) is 1.22. The first kappa shape index (κ1) is 19.2. The van der Waals surface area contributed by atoms with Crippen molar-refractivity contribution in [1.82, 2.24) is 0 Å². The minimum absolute atomic E-state index is 0.227. The molecule has 0 aromatic heterocycles. The largest absolute Gasteiger partial charge is 0.496 e. The van der Waals surface area contributed by atoms with Crippen LogP contribution in [0.5, 0.6) is 11.5 Å². The zero-order valence-electron chi connectivity index (χ0n) is 15.2. The molecule has 0 aliphatic carbocycles. The van der Waals surface area contributed by atoms with Gasteiger partial charge in [-0.2, -0.15) is 0 Å². The van der Waals surface area contributed by atoms with Crippen LogP contribution in [0, 0.1) is 0 Å². The molecule has 0 saturated heterocycles. The second kappa shape index (κ2) is 8.86. The molecule has 27 heavy (non-hydrogen) atoms. The molecule has 0 fully saturated rings. The van der Waals surface area contributed by atoms with E-state index in [4.69, 9.17) is 14.2 Å². The van der Waals surface area contributed by atoms with Crippen LogP contribution in [0.4, 0.5) is 0 Å². The molecule has 0 radical (unpaired) electrons. The van der Waals surface area contributed by atoms with Crippen molar-refractivity contribution in [2.45, 2.75) is 19.8 Å². The second-order valence-corrected chi connectivity index (χ2v) is 6.86. The summed E-state index contributed by atoms with van der Waals surface area (Å²) in [5, 5.41) is 0. The summed E-state index contributed by atoms with van der Waals surface area (Å²) in [6, 6.07) is 12.9. The second-order valence-electron chi connectivity index (χ2n) is 5.95. The quantitative estimate of drug-likeness (QED) is 0.353. The summed E-state index contributed by atoms with van der Waals surface area (Å²) in [6.07, 6.45) is 3.75. The van der Waals surface area contributed by atoms with Gasteiger partial charge in [0.05, 0.1) is 13.7 Å². The topological polar surface area (TPSA) is 57.1 Å². The van der Waals surface area contributed by atoms with Crippen LogP contribution in [0.2, 0.25) is 0 Å². The summed E-state index contributed by atoms with van der Waals surface area (Å²) in [7, 11) is 1.58. The van der Waals surface area contributed by atoms with E-state index in [1.54, 1.807) is 13.2 Å². The number of hydrogen-bond acceptors (Lipinski definition) is 5. The first-order valence-electron chi connectivity index (χ1n) is 8.70. The molecule has 1 heterocycles. The van der Waals surface area contributed by atoms with Gasteiger partial charge in [-0.1, -0.05) is 29.3 Å². The number of cyclic esters (lactones) is 1. The molecule has 1 aliphatic rings. The van der Waals surface area contributed by atoms with E-state index in [0.717, 1.165) is 34.2 Å². The van der Waals surface area contributed by atoms with Crippen LogP contribution in [0.3, 0.4) is 0 Å². The van der Waals surface area contributed by atoms with Crippen LogP contribution in [0.1, 0.15) is 30.9 Å². The Morgan fingerprint density at radius 3 is 2.67 bits per heavy atom. The Morgan fingerprint density at radius 1 is 1.19 bits per heavy atom. The Balaban J connectivity index is 1.81. The summed E-state index contributed by atoms with van der Waals surface area (Å²) < 4.78 is 17.2. The predicted octanol–water partition coefficient (Wildman–Crippen LogP) is 4.98. The highest BCUT2D eigenvalue weighted by molar-refractivity contribution is 9.10. The van der Waals surface area contributed by atoms with Crippen LogP contribution < -0.4 is 9.47 Å². The maximum atomic E-state index is 12.2. The lowest BCUT2D eigenvalue weighted by Gasteiger charge is -2.05. The highest BCUT2D eigenvalue weighted by atomic mass is 79.9. The van der Waals surface area contributed by atoms with E-state index in [1.165, 1.54) is 0 Å². The maximum Gasteiger partial charge on any atom is 0.363 e. The van der Waals surface area contributed by atoms with Gasteiger partial charge in [0.15, 0.2) is 5.70 Å². The fraction of sp³-hybridized carbons (Fsp3) is 0.238. The summed E-state index contributed by atoms with van der Waals surface area (Å²) in [4.78, 5) is 16.5. The Bertz CT molecular complexity index is 888. The van der Waals surface area contributed by atoms with Crippen LogP contribution in [0.25, 0.3) is 6.08 Å². The van der Waals surface area contributed by atoms with Gasteiger partial charge in [-0.3, -0.25) is 0 Å². The molecule has 1 aliphatic heterocycles. The molecule has 0 N–H and O–H groups in total. The average Bonchev–Trinajstić information content (AvgIpc) is 3.03. The molecule has 6 heteroatoms. The standard InChI is InChI=1S/C21H20BrNO4/c1-3-4-11-26-17-8-5-14(6-9-17)20-23-18(21(24)27-20)13-15-12-16(22)7-10-19(15)25-2/h5-10,12-13H,3-4,11H2,1-2H3/b18-13-. The first-order chi connectivity index (χ1) is 13.1. The van der Waals surface area contributed by atoms with Crippen LogP contribution in [-0.4, -0.2) is 25.6 Å². The third-order valence-corrected chi connectivity index (χ3v) is 4.47. The maximum absolute atomic E-state index is 12.2. The lowest BCUT2D eigenvalue weighted by Crippen LogP contribution is -2.05. The SMILES string of the molecule is CCCCOc1ccc(C2=N/C(=C\c3cc(Br)ccc3OC)C(=O)O2)cc1. The van der Waals surface area contributed by atoms with E-state index in [0.29, 0.717) is 12.4 Å². The van der Waals surface area contributed by atoms with E-state index >= 15 is 0 Å². The Morgan fingerprint density at radius 2 is 1.96 bits per heavy atom. The molecule has 5 nitrogen and oxygen atoms in total. The Labute approximate surface area is 166 Å². The number of benzene rings is 2. The van der Waals surface area contributed by atoms with Gasteiger partial charge in [-0.15, -0.1) is 0 Å². The van der Waals surface area contributed by atoms with Crippen LogP contribution >= 0.6 is 15.9 Å². The molecule has 0 saturated carbocycles. The van der Waals surface area contributed by atoms with Gasteiger partial charge in [-0.25, -0.2) is 9.79 Å². The number of nitrogens with zero attached hydrogens (tertiary/aromatic N) is 1. The van der Waals surface area contributed by atoms with Crippen molar-refractivity contribution in [1.29, 1.82) is 0 Å². The van der Waals surface area contributed by atoms with E-state index < -0.39 is 5.97 Å². The van der Waals surface area contributed by atoms with Crippen molar-refractivity contribution < 1.29 is 19.0 Å². The normalized spacial score (nSPS) is 14.9. The van der Waals surface area contributed by atoms with Gasteiger partial charge in [0.25, 0.3) is 0 Å². The van der Waals surface area contributed by atoms with Crippen molar-refractivity contribution >= 4 is 33.9 Å². The van der Waals surface area contributed by atoms with E-state index in [-0.39, 0.29) is 11.6 Å². The highest BCUT2D eigenvalue weighted by Crippen LogP contribution is 2.27. The van der Waals surface area contributed by atoms with Crippen molar-refractivity contribution in [3.63, 3.8) is 0 Å². The van der Waals surface area contributed by atoms with Gasteiger partial charge in [0.1, 0.15) is 11.5 Å². The highest BCUT2D eigenvalue weighted by Gasteiger charge is 2.24. The molecule has 2 aromatic carbocycles. The van der Waals surface area contributed by atoms with Gasteiger partial charge in [0.2, 0.25) is 5.90 Å². The predicted molar refractivity (Wildman–Crippen MR) is 108 cm³/mol. The Kier molecular flexibility index (Phi) is 6.29. The van der Waals surface area contributed by atoms with E-state index in [9.17, 15) is 4.79 Å². The summed E-state index contributed by atoms with van der Waals surface area (Å²) >= 11 is 3.42. The van der Waals surface area contributed by atoms with Crippen molar-refractivity contribution in [3.05, 3.63) is 63.8 Å². The molecule has 3 rings (SSSR count). The molecule has 0 atom stereocenters. The third kappa shape index (κ3) is 4.77. The summed E-state index contributed by atoms with van der Waals surface area (Å²) in [6.45, 7) is 2.81. The number of rotatable bonds is 7. The molecular weight excluding hydrogens is 410 g/mol. The number of halogens is 1. The molecule has 0 spiro atoms. The number of ether oxygens (including phenoxy) is 3. The lowest BCUT2D eigenvalue weighted by atomic mass is 10.1. The van der Waals surface area contributed by atoms with Crippen LogP contribution in [0.15, 0.2) is 57.6 Å². The van der Waals surface area contributed by atoms with Gasteiger partial charge in [0, 0.05) is 15.6 Å². The number of hydrogen-bond donors (Lipinski definition) is 0. The van der Waals surface area contributed by atoms with Gasteiger partial charge in [-0.05, 0) is 55.0 Å². The number of methoxy groups -OCH3 is 1. The van der Waals surface area contributed by atoms with Crippen molar-refractivity contribution in [2.75, 3.05) is 13.7 Å². The number of carbonyl (C=O) groups is 1. The summed E-state index contributed by atoms with van der Waals surface area (Å²) in [5.41, 5.74) is 1.68. The smallest absolute Gasteiger partial charge is 0.363 e. The van der Waals surface area contributed by atoms with Gasteiger partial charge >= 0.3 is 5.97 Å². The molecule has 0 amide bonds.